The number of amides is 2. The van der Waals surface area contributed by atoms with Crippen molar-refractivity contribution in [3.63, 3.8) is 0 Å². The molecule has 1 aliphatic heterocycles. The molecule has 1 aliphatic rings. The second-order valence-corrected chi connectivity index (χ2v) is 4.60. The predicted molar refractivity (Wildman–Crippen MR) is 57.3 cm³/mol. The van der Waals surface area contributed by atoms with Crippen LogP contribution in [0.5, 0.6) is 0 Å². The summed E-state index contributed by atoms with van der Waals surface area (Å²) in [5.41, 5.74) is 0.150. The van der Waals surface area contributed by atoms with Crippen molar-refractivity contribution in [1.29, 1.82) is 0 Å². The molecule has 2 N–H and O–H groups in total. The number of nitrogens with zero attached hydrogens (tertiary/aromatic N) is 1. The zero-order chi connectivity index (χ0) is 10.6. The molecule has 0 aromatic carbocycles. The zero-order valence-corrected chi connectivity index (χ0v) is 9.39. The van der Waals surface area contributed by atoms with Crippen LogP contribution in [0.3, 0.4) is 0 Å². The summed E-state index contributed by atoms with van der Waals surface area (Å²) in [6.07, 6.45) is 0. The Morgan fingerprint density at radius 3 is 2.79 bits per heavy atom. The van der Waals surface area contributed by atoms with Gasteiger partial charge in [-0.15, -0.1) is 0 Å². The molecule has 14 heavy (non-hydrogen) atoms. The average molecular weight is 199 g/mol. The van der Waals surface area contributed by atoms with E-state index in [4.69, 9.17) is 0 Å². The van der Waals surface area contributed by atoms with Crippen molar-refractivity contribution in [2.24, 2.45) is 5.41 Å². The van der Waals surface area contributed by atoms with Crippen LogP contribution in [0, 0.1) is 5.41 Å². The molecule has 4 nitrogen and oxygen atoms in total. The summed E-state index contributed by atoms with van der Waals surface area (Å²) in [6, 6.07) is 0.0783. The van der Waals surface area contributed by atoms with Crippen molar-refractivity contribution in [3.8, 4) is 0 Å². The SMILES string of the molecule is CCNCC(C)(C)CN1CCNC1=O. The third kappa shape index (κ3) is 3.18. The molecular weight excluding hydrogens is 178 g/mol. The monoisotopic (exact) mass is 199 g/mol. The molecule has 0 unspecified atom stereocenters. The Morgan fingerprint density at radius 1 is 1.57 bits per heavy atom. The van der Waals surface area contributed by atoms with Gasteiger partial charge in [0, 0.05) is 26.2 Å². The molecule has 0 spiro atoms. The van der Waals surface area contributed by atoms with E-state index >= 15 is 0 Å². The van der Waals surface area contributed by atoms with Crippen LogP contribution in [0.25, 0.3) is 0 Å². The second-order valence-electron chi connectivity index (χ2n) is 4.60. The quantitative estimate of drug-likeness (QED) is 0.682. The lowest BCUT2D eigenvalue weighted by atomic mass is 9.93. The maximum absolute atomic E-state index is 11.3. The first-order valence-electron chi connectivity index (χ1n) is 5.29. The molecule has 0 aromatic heterocycles. The summed E-state index contributed by atoms with van der Waals surface area (Å²) in [6.45, 7) is 10.8. The van der Waals surface area contributed by atoms with Crippen LogP contribution < -0.4 is 10.6 Å². The van der Waals surface area contributed by atoms with E-state index in [0.29, 0.717) is 0 Å². The summed E-state index contributed by atoms with van der Waals surface area (Å²) in [4.78, 5) is 13.2. The van der Waals surface area contributed by atoms with E-state index in [0.717, 1.165) is 32.7 Å². The van der Waals surface area contributed by atoms with Gasteiger partial charge in [-0.1, -0.05) is 20.8 Å². The highest BCUT2D eigenvalue weighted by atomic mass is 16.2. The van der Waals surface area contributed by atoms with E-state index in [9.17, 15) is 4.79 Å². The average Bonchev–Trinajstić information content (AvgIpc) is 2.48. The zero-order valence-electron chi connectivity index (χ0n) is 9.39. The highest BCUT2D eigenvalue weighted by Crippen LogP contribution is 2.16. The Labute approximate surface area is 86.0 Å². The first-order chi connectivity index (χ1) is 6.55. The molecule has 0 bridgehead atoms. The molecule has 1 heterocycles. The Morgan fingerprint density at radius 2 is 2.29 bits per heavy atom. The van der Waals surface area contributed by atoms with Crippen molar-refractivity contribution in [2.45, 2.75) is 20.8 Å². The highest BCUT2D eigenvalue weighted by Gasteiger charge is 2.27. The van der Waals surface area contributed by atoms with Crippen LogP contribution in [0.2, 0.25) is 0 Å². The molecule has 0 aliphatic carbocycles. The second kappa shape index (κ2) is 4.64. The molecule has 0 atom stereocenters. The van der Waals surface area contributed by atoms with Crippen LogP contribution in [0.1, 0.15) is 20.8 Å². The van der Waals surface area contributed by atoms with E-state index < -0.39 is 0 Å². The maximum Gasteiger partial charge on any atom is 0.317 e. The van der Waals surface area contributed by atoms with Crippen molar-refractivity contribution in [1.82, 2.24) is 15.5 Å². The smallest absolute Gasteiger partial charge is 0.317 e. The first kappa shape index (κ1) is 11.3. The number of nitrogens with one attached hydrogen (secondary N) is 2. The molecule has 1 rings (SSSR count). The van der Waals surface area contributed by atoms with Crippen LogP contribution in [-0.4, -0.2) is 43.7 Å². The molecule has 0 aromatic rings. The Hall–Kier alpha value is -0.770. The summed E-state index contributed by atoms with van der Waals surface area (Å²) in [5.74, 6) is 0. The van der Waals surface area contributed by atoms with Gasteiger partial charge in [0.05, 0.1) is 0 Å². The number of carbonyl (C=O) groups excluding carboxylic acids is 1. The van der Waals surface area contributed by atoms with Gasteiger partial charge >= 0.3 is 6.03 Å². The van der Waals surface area contributed by atoms with Gasteiger partial charge < -0.3 is 15.5 Å². The van der Waals surface area contributed by atoms with Gasteiger partial charge in [-0.3, -0.25) is 0 Å². The Kier molecular flexibility index (Phi) is 3.75. The van der Waals surface area contributed by atoms with Crippen LogP contribution in [0.15, 0.2) is 0 Å². The van der Waals surface area contributed by atoms with Gasteiger partial charge in [-0.05, 0) is 12.0 Å². The lowest BCUT2D eigenvalue weighted by Gasteiger charge is -2.29. The molecule has 0 saturated carbocycles. The number of rotatable bonds is 5. The fourth-order valence-corrected chi connectivity index (χ4v) is 1.70. The summed E-state index contributed by atoms with van der Waals surface area (Å²) in [5, 5.41) is 6.13. The minimum Gasteiger partial charge on any atom is -0.336 e. The molecule has 0 radical (unpaired) electrons. The predicted octanol–water partition coefficient (Wildman–Crippen LogP) is 0.647. The molecule has 1 saturated heterocycles. The topological polar surface area (TPSA) is 44.4 Å². The van der Waals surface area contributed by atoms with Gasteiger partial charge in [0.25, 0.3) is 0 Å². The summed E-state index contributed by atoms with van der Waals surface area (Å²) >= 11 is 0. The number of hydrogen-bond donors (Lipinski definition) is 2. The molecular formula is C10H21N3O. The summed E-state index contributed by atoms with van der Waals surface area (Å²) < 4.78 is 0. The fourth-order valence-electron chi connectivity index (χ4n) is 1.70. The van der Waals surface area contributed by atoms with E-state index in [-0.39, 0.29) is 11.4 Å². The normalized spacial score (nSPS) is 17.4. The van der Waals surface area contributed by atoms with Crippen LogP contribution in [0.4, 0.5) is 4.79 Å². The largest absolute Gasteiger partial charge is 0.336 e. The Balaban J connectivity index is 2.37. The van der Waals surface area contributed by atoms with Crippen LogP contribution >= 0.6 is 0 Å². The van der Waals surface area contributed by atoms with Crippen molar-refractivity contribution < 1.29 is 4.79 Å². The Bertz CT molecular complexity index is 204. The fraction of sp³-hybridized carbons (Fsp3) is 0.900. The lowest BCUT2D eigenvalue weighted by molar-refractivity contribution is 0.187. The molecule has 82 valence electrons. The molecule has 2 amide bonds. The molecule has 4 heteroatoms. The minimum absolute atomic E-state index is 0.0783. The van der Waals surface area contributed by atoms with Crippen LogP contribution in [-0.2, 0) is 0 Å². The standard InChI is InChI=1S/C10H21N3O/c1-4-11-7-10(2,3)8-13-6-5-12-9(13)14/h11H,4-8H2,1-3H3,(H,12,14). The lowest BCUT2D eigenvalue weighted by Crippen LogP contribution is -2.41. The van der Waals surface area contributed by atoms with Gasteiger partial charge in [0.2, 0.25) is 0 Å². The van der Waals surface area contributed by atoms with E-state index in [1.807, 2.05) is 4.90 Å². The number of carbonyl (C=O) groups is 1. The van der Waals surface area contributed by atoms with E-state index in [1.54, 1.807) is 0 Å². The summed E-state index contributed by atoms with van der Waals surface area (Å²) in [7, 11) is 0. The number of hydrogen-bond acceptors (Lipinski definition) is 2. The highest BCUT2D eigenvalue weighted by molar-refractivity contribution is 5.76. The van der Waals surface area contributed by atoms with Gasteiger partial charge in [0.15, 0.2) is 0 Å². The van der Waals surface area contributed by atoms with Gasteiger partial charge in [-0.2, -0.15) is 0 Å². The minimum atomic E-state index is 0.0783. The maximum atomic E-state index is 11.3. The number of urea groups is 1. The first-order valence-corrected chi connectivity index (χ1v) is 5.29. The van der Waals surface area contributed by atoms with Crippen molar-refractivity contribution >= 4 is 6.03 Å². The van der Waals surface area contributed by atoms with E-state index in [1.165, 1.54) is 0 Å². The third-order valence-electron chi connectivity index (χ3n) is 2.42. The molecule has 1 fully saturated rings. The van der Waals surface area contributed by atoms with Gasteiger partial charge in [-0.25, -0.2) is 4.79 Å². The van der Waals surface area contributed by atoms with Crippen molar-refractivity contribution in [3.05, 3.63) is 0 Å². The third-order valence-corrected chi connectivity index (χ3v) is 2.42. The van der Waals surface area contributed by atoms with Gasteiger partial charge in [0.1, 0.15) is 0 Å². The van der Waals surface area contributed by atoms with Crippen molar-refractivity contribution in [2.75, 3.05) is 32.7 Å². The van der Waals surface area contributed by atoms with E-state index in [2.05, 4.69) is 31.4 Å².